The van der Waals surface area contributed by atoms with Crippen LogP contribution >= 0.6 is 34.5 Å². The SMILES string of the molecule is Cc1cc2c(Nc3cc(Cl)ccc3Cl)nc(N)nc2s1. The Bertz CT molecular complexity index is 800. The van der Waals surface area contributed by atoms with Crippen molar-refractivity contribution in [3.05, 3.63) is 39.2 Å². The Morgan fingerprint density at radius 3 is 2.80 bits per heavy atom. The summed E-state index contributed by atoms with van der Waals surface area (Å²) in [5.41, 5.74) is 6.42. The summed E-state index contributed by atoms with van der Waals surface area (Å²) in [5.74, 6) is 0.848. The third-order valence-corrected chi connectivity index (χ3v) is 4.22. The van der Waals surface area contributed by atoms with Gasteiger partial charge in [0.25, 0.3) is 0 Å². The smallest absolute Gasteiger partial charge is 0.223 e. The average Bonchev–Trinajstić information content (AvgIpc) is 2.74. The topological polar surface area (TPSA) is 63.8 Å². The molecule has 0 saturated heterocycles. The zero-order chi connectivity index (χ0) is 14.3. The second kappa shape index (κ2) is 5.09. The molecule has 2 aromatic heterocycles. The van der Waals surface area contributed by atoms with E-state index in [1.54, 1.807) is 29.5 Å². The summed E-state index contributed by atoms with van der Waals surface area (Å²) in [4.78, 5) is 10.4. The van der Waals surface area contributed by atoms with Gasteiger partial charge in [-0.3, -0.25) is 0 Å². The average molecular weight is 325 g/mol. The van der Waals surface area contributed by atoms with Crippen molar-refractivity contribution in [3.8, 4) is 0 Å². The van der Waals surface area contributed by atoms with Gasteiger partial charge in [0, 0.05) is 9.90 Å². The molecule has 7 heteroatoms. The molecule has 102 valence electrons. The van der Waals surface area contributed by atoms with Gasteiger partial charge in [-0.15, -0.1) is 11.3 Å². The van der Waals surface area contributed by atoms with E-state index in [4.69, 9.17) is 28.9 Å². The van der Waals surface area contributed by atoms with Gasteiger partial charge in [-0.05, 0) is 31.2 Å². The van der Waals surface area contributed by atoms with Crippen molar-refractivity contribution in [2.75, 3.05) is 11.1 Å². The molecule has 1 aromatic carbocycles. The van der Waals surface area contributed by atoms with Gasteiger partial charge in [0.15, 0.2) is 0 Å². The van der Waals surface area contributed by atoms with E-state index < -0.39 is 0 Å². The Balaban J connectivity index is 2.12. The summed E-state index contributed by atoms with van der Waals surface area (Å²) in [6.45, 7) is 2.01. The lowest BCUT2D eigenvalue weighted by Gasteiger charge is -2.09. The number of fused-ring (bicyclic) bond motifs is 1. The van der Waals surface area contributed by atoms with Crippen LogP contribution in [0.2, 0.25) is 10.0 Å². The number of nitrogens with one attached hydrogen (secondary N) is 1. The van der Waals surface area contributed by atoms with Crippen molar-refractivity contribution in [1.29, 1.82) is 0 Å². The van der Waals surface area contributed by atoms with Gasteiger partial charge in [0.05, 0.1) is 16.1 Å². The number of benzene rings is 1. The Hall–Kier alpha value is -1.56. The minimum absolute atomic E-state index is 0.222. The molecule has 0 aliphatic carbocycles. The Labute approximate surface area is 129 Å². The van der Waals surface area contributed by atoms with Gasteiger partial charge in [0.1, 0.15) is 10.6 Å². The number of nitrogen functional groups attached to an aromatic ring is 1. The van der Waals surface area contributed by atoms with Crippen LogP contribution in [0.15, 0.2) is 24.3 Å². The molecule has 0 radical (unpaired) electrons. The van der Waals surface area contributed by atoms with Crippen LogP contribution in [0.1, 0.15) is 4.88 Å². The van der Waals surface area contributed by atoms with E-state index >= 15 is 0 Å². The van der Waals surface area contributed by atoms with Crippen LogP contribution in [0, 0.1) is 6.92 Å². The number of thiophene rings is 1. The van der Waals surface area contributed by atoms with E-state index in [0.29, 0.717) is 21.6 Å². The van der Waals surface area contributed by atoms with Crippen molar-refractivity contribution in [3.63, 3.8) is 0 Å². The third-order valence-electron chi connectivity index (χ3n) is 2.71. The lowest BCUT2D eigenvalue weighted by molar-refractivity contribution is 1.24. The van der Waals surface area contributed by atoms with Crippen LogP contribution in [0.4, 0.5) is 17.5 Å². The van der Waals surface area contributed by atoms with E-state index in [1.165, 1.54) is 0 Å². The second-order valence-corrected chi connectivity index (χ2v) is 6.33. The standard InChI is InChI=1S/C13H10Cl2N4S/c1-6-4-8-11(18-13(16)19-12(8)20-6)17-10-5-7(14)2-3-9(10)15/h2-5H,1H3,(H3,16,17,18,19). The molecule has 0 bridgehead atoms. The molecule has 0 saturated carbocycles. The molecule has 3 aromatic rings. The normalized spacial score (nSPS) is 10.9. The first-order valence-corrected chi connectivity index (χ1v) is 7.36. The highest BCUT2D eigenvalue weighted by molar-refractivity contribution is 7.18. The van der Waals surface area contributed by atoms with Crippen LogP contribution in [0.3, 0.4) is 0 Å². The molecule has 3 N–H and O–H groups in total. The third kappa shape index (κ3) is 2.52. The molecular weight excluding hydrogens is 315 g/mol. The molecule has 0 aliphatic heterocycles. The Morgan fingerprint density at radius 1 is 1.20 bits per heavy atom. The molecule has 0 spiro atoms. The van der Waals surface area contributed by atoms with Crippen molar-refractivity contribution in [1.82, 2.24) is 9.97 Å². The fraction of sp³-hybridized carbons (Fsp3) is 0.0769. The molecule has 0 amide bonds. The Kier molecular flexibility index (Phi) is 3.41. The van der Waals surface area contributed by atoms with Gasteiger partial charge in [0.2, 0.25) is 5.95 Å². The summed E-state index contributed by atoms with van der Waals surface area (Å²) in [6, 6.07) is 7.22. The summed E-state index contributed by atoms with van der Waals surface area (Å²) in [6.07, 6.45) is 0. The lowest BCUT2D eigenvalue weighted by atomic mass is 10.3. The van der Waals surface area contributed by atoms with Gasteiger partial charge < -0.3 is 11.1 Å². The summed E-state index contributed by atoms with van der Waals surface area (Å²) >= 11 is 13.7. The number of hydrogen-bond acceptors (Lipinski definition) is 5. The van der Waals surface area contributed by atoms with Crippen LogP contribution in [-0.4, -0.2) is 9.97 Å². The number of nitrogens with two attached hydrogens (primary N) is 1. The van der Waals surface area contributed by atoms with Crippen LogP contribution in [0.25, 0.3) is 10.2 Å². The summed E-state index contributed by atoms with van der Waals surface area (Å²) < 4.78 is 0. The maximum atomic E-state index is 6.15. The van der Waals surface area contributed by atoms with Crippen molar-refractivity contribution in [2.24, 2.45) is 0 Å². The molecule has 0 atom stereocenters. The number of halogens is 2. The quantitative estimate of drug-likeness (QED) is 0.721. The van der Waals surface area contributed by atoms with Gasteiger partial charge in [-0.2, -0.15) is 4.98 Å². The van der Waals surface area contributed by atoms with Gasteiger partial charge in [-0.1, -0.05) is 23.2 Å². The number of nitrogens with zero attached hydrogens (tertiary/aromatic N) is 2. The maximum Gasteiger partial charge on any atom is 0.223 e. The molecule has 3 rings (SSSR count). The number of aryl methyl sites for hydroxylation is 1. The zero-order valence-corrected chi connectivity index (χ0v) is 12.8. The van der Waals surface area contributed by atoms with E-state index in [2.05, 4.69) is 15.3 Å². The minimum atomic E-state index is 0.222. The van der Waals surface area contributed by atoms with Crippen molar-refractivity contribution < 1.29 is 0 Å². The molecule has 20 heavy (non-hydrogen) atoms. The van der Waals surface area contributed by atoms with Crippen LogP contribution in [0.5, 0.6) is 0 Å². The molecule has 2 heterocycles. The molecule has 0 fully saturated rings. The van der Waals surface area contributed by atoms with Crippen molar-refractivity contribution in [2.45, 2.75) is 6.92 Å². The van der Waals surface area contributed by atoms with Crippen LogP contribution < -0.4 is 11.1 Å². The van der Waals surface area contributed by atoms with E-state index in [0.717, 1.165) is 15.1 Å². The van der Waals surface area contributed by atoms with Crippen LogP contribution in [-0.2, 0) is 0 Å². The first kappa shape index (κ1) is 13.4. The lowest BCUT2D eigenvalue weighted by Crippen LogP contribution is -2.00. The number of hydrogen-bond donors (Lipinski definition) is 2. The number of rotatable bonds is 2. The Morgan fingerprint density at radius 2 is 2.00 bits per heavy atom. The van der Waals surface area contributed by atoms with E-state index in [9.17, 15) is 0 Å². The minimum Gasteiger partial charge on any atom is -0.368 e. The fourth-order valence-electron chi connectivity index (χ4n) is 1.87. The molecular formula is C13H10Cl2N4S. The molecule has 0 aliphatic rings. The van der Waals surface area contributed by atoms with Gasteiger partial charge in [-0.25, -0.2) is 4.98 Å². The van der Waals surface area contributed by atoms with Crippen molar-refractivity contribution >= 4 is 62.2 Å². The van der Waals surface area contributed by atoms with E-state index in [-0.39, 0.29) is 5.95 Å². The highest BCUT2D eigenvalue weighted by Gasteiger charge is 2.11. The fourth-order valence-corrected chi connectivity index (χ4v) is 3.10. The van der Waals surface area contributed by atoms with E-state index in [1.807, 2.05) is 13.0 Å². The maximum absolute atomic E-state index is 6.15. The molecule has 4 nitrogen and oxygen atoms in total. The monoisotopic (exact) mass is 324 g/mol. The summed E-state index contributed by atoms with van der Waals surface area (Å²) in [7, 11) is 0. The largest absolute Gasteiger partial charge is 0.368 e. The second-order valence-electron chi connectivity index (χ2n) is 4.26. The predicted molar refractivity (Wildman–Crippen MR) is 86.3 cm³/mol. The summed E-state index contributed by atoms with van der Waals surface area (Å²) in [5, 5.41) is 5.24. The predicted octanol–water partition coefficient (Wildman–Crippen LogP) is 4.63. The number of anilines is 3. The zero-order valence-electron chi connectivity index (χ0n) is 10.4. The van der Waals surface area contributed by atoms with Gasteiger partial charge >= 0.3 is 0 Å². The highest BCUT2D eigenvalue weighted by atomic mass is 35.5. The number of aromatic nitrogens is 2. The highest BCUT2D eigenvalue weighted by Crippen LogP contribution is 2.33. The first-order valence-electron chi connectivity index (χ1n) is 5.78. The molecule has 0 unspecified atom stereocenters. The first-order chi connectivity index (χ1) is 9.52.